The van der Waals surface area contributed by atoms with E-state index in [1.54, 1.807) is 13.2 Å². The summed E-state index contributed by atoms with van der Waals surface area (Å²) < 4.78 is 24.7. The Hall–Kier alpha value is -3.42. The lowest BCUT2D eigenvalue weighted by molar-refractivity contribution is 0.201. The summed E-state index contributed by atoms with van der Waals surface area (Å²) in [6, 6.07) is 9.80. The average Bonchev–Trinajstić information content (AvgIpc) is 3.29. The van der Waals surface area contributed by atoms with Gasteiger partial charge in [0.1, 0.15) is 5.82 Å². The molecular formula is C24H24ClFN4O2. The van der Waals surface area contributed by atoms with Gasteiger partial charge in [-0.05, 0) is 56.0 Å². The SMILES string of the molecule is COc1ccc(NC(=NCCC#Cc2ccc(F)c(Cl)c2)NC#N)cc1OC1CCCC1. The highest BCUT2D eigenvalue weighted by Gasteiger charge is 2.18. The van der Waals surface area contributed by atoms with E-state index in [1.807, 2.05) is 24.4 Å². The molecule has 2 aromatic rings. The van der Waals surface area contributed by atoms with Crippen molar-refractivity contribution in [1.82, 2.24) is 5.32 Å². The van der Waals surface area contributed by atoms with Crippen molar-refractivity contribution in [2.45, 2.75) is 38.2 Å². The number of hydrogen-bond acceptors (Lipinski definition) is 4. The van der Waals surface area contributed by atoms with Gasteiger partial charge in [0.15, 0.2) is 17.7 Å². The Labute approximate surface area is 192 Å². The highest BCUT2D eigenvalue weighted by atomic mass is 35.5. The fraction of sp³-hybridized carbons (Fsp3) is 0.333. The molecule has 1 saturated carbocycles. The van der Waals surface area contributed by atoms with Crippen LogP contribution in [0, 0.1) is 29.1 Å². The van der Waals surface area contributed by atoms with Crippen molar-refractivity contribution >= 4 is 23.2 Å². The van der Waals surface area contributed by atoms with Gasteiger partial charge in [-0.2, -0.15) is 5.26 Å². The third kappa shape index (κ3) is 6.80. The van der Waals surface area contributed by atoms with Gasteiger partial charge >= 0.3 is 0 Å². The molecule has 6 nitrogen and oxygen atoms in total. The standard InChI is InChI=1S/C24H24ClFN4O2/c1-31-22-12-10-18(15-23(22)32-19-7-2-3-8-19)30-24(29-16-27)28-13-5-4-6-17-9-11-21(26)20(25)14-17/h9-12,14-15,19H,2-3,5,7-8,13H2,1H3,(H2,28,29,30). The van der Waals surface area contributed by atoms with E-state index in [2.05, 4.69) is 27.5 Å². The molecule has 8 heteroatoms. The topological polar surface area (TPSA) is 78.7 Å². The lowest BCUT2D eigenvalue weighted by Gasteiger charge is -2.17. The molecule has 32 heavy (non-hydrogen) atoms. The smallest absolute Gasteiger partial charge is 0.209 e. The minimum atomic E-state index is -0.476. The predicted molar refractivity (Wildman–Crippen MR) is 123 cm³/mol. The van der Waals surface area contributed by atoms with Crippen LogP contribution in [0.2, 0.25) is 5.02 Å². The van der Waals surface area contributed by atoms with E-state index < -0.39 is 5.82 Å². The zero-order valence-corrected chi connectivity index (χ0v) is 18.5. The number of guanidine groups is 1. The number of rotatable bonds is 6. The molecule has 0 radical (unpaired) electrons. The monoisotopic (exact) mass is 454 g/mol. The number of anilines is 1. The van der Waals surface area contributed by atoms with Crippen molar-refractivity contribution in [2.75, 3.05) is 19.0 Å². The molecule has 0 atom stereocenters. The van der Waals surface area contributed by atoms with Crippen LogP contribution in [0.5, 0.6) is 11.5 Å². The Balaban J connectivity index is 1.62. The van der Waals surface area contributed by atoms with Crippen LogP contribution in [0.15, 0.2) is 41.4 Å². The Kier molecular flexibility index (Phi) is 8.60. The van der Waals surface area contributed by atoms with Gasteiger partial charge in [-0.25, -0.2) is 4.39 Å². The molecule has 0 amide bonds. The molecule has 2 aromatic carbocycles. The van der Waals surface area contributed by atoms with E-state index in [4.69, 9.17) is 26.3 Å². The van der Waals surface area contributed by atoms with E-state index in [1.165, 1.54) is 25.0 Å². The minimum Gasteiger partial charge on any atom is -0.493 e. The van der Waals surface area contributed by atoms with E-state index in [-0.39, 0.29) is 11.1 Å². The largest absolute Gasteiger partial charge is 0.493 e. The van der Waals surface area contributed by atoms with Crippen molar-refractivity contribution < 1.29 is 13.9 Å². The van der Waals surface area contributed by atoms with Gasteiger partial charge in [0.2, 0.25) is 5.96 Å². The molecule has 2 N–H and O–H groups in total. The van der Waals surface area contributed by atoms with Crippen LogP contribution in [0.3, 0.4) is 0 Å². The van der Waals surface area contributed by atoms with Crippen LogP contribution in [-0.2, 0) is 0 Å². The molecule has 1 aliphatic carbocycles. The first-order valence-electron chi connectivity index (χ1n) is 10.3. The number of aliphatic imine (C=N–C) groups is 1. The third-order valence-corrected chi connectivity index (χ3v) is 5.15. The zero-order chi connectivity index (χ0) is 22.8. The number of methoxy groups -OCH3 is 1. The number of ether oxygens (including phenoxy) is 2. The first kappa shape index (κ1) is 23.2. The number of hydrogen-bond donors (Lipinski definition) is 2. The number of benzene rings is 2. The summed E-state index contributed by atoms with van der Waals surface area (Å²) in [4.78, 5) is 4.36. The molecule has 1 aliphatic rings. The summed E-state index contributed by atoms with van der Waals surface area (Å²) in [6.45, 7) is 0.362. The lowest BCUT2D eigenvalue weighted by atomic mass is 10.2. The Morgan fingerprint density at radius 3 is 2.75 bits per heavy atom. The maximum atomic E-state index is 13.2. The van der Waals surface area contributed by atoms with E-state index >= 15 is 0 Å². The highest BCUT2D eigenvalue weighted by Crippen LogP contribution is 2.33. The number of nitrogens with one attached hydrogen (secondary N) is 2. The van der Waals surface area contributed by atoms with Crippen LogP contribution in [-0.4, -0.2) is 25.7 Å². The summed E-state index contributed by atoms with van der Waals surface area (Å²) >= 11 is 5.76. The maximum absolute atomic E-state index is 13.2. The van der Waals surface area contributed by atoms with Gasteiger partial charge in [-0.1, -0.05) is 23.4 Å². The molecule has 0 spiro atoms. The summed E-state index contributed by atoms with van der Waals surface area (Å²) in [5.74, 6) is 7.02. The molecule has 3 rings (SSSR count). The van der Waals surface area contributed by atoms with Gasteiger partial charge in [-0.15, -0.1) is 0 Å². The molecule has 0 aliphatic heterocycles. The van der Waals surface area contributed by atoms with Crippen molar-refractivity contribution in [3.63, 3.8) is 0 Å². The second-order valence-electron chi connectivity index (χ2n) is 7.16. The molecule has 0 bridgehead atoms. The van der Waals surface area contributed by atoms with Crippen LogP contribution < -0.4 is 20.1 Å². The van der Waals surface area contributed by atoms with E-state index in [0.717, 1.165) is 12.8 Å². The maximum Gasteiger partial charge on any atom is 0.209 e. The van der Waals surface area contributed by atoms with Gasteiger partial charge in [0.25, 0.3) is 0 Å². The second-order valence-corrected chi connectivity index (χ2v) is 7.57. The number of nitriles is 1. The first-order valence-corrected chi connectivity index (χ1v) is 10.7. The quantitative estimate of drug-likeness (QED) is 0.159. The minimum absolute atomic E-state index is 0.0373. The molecule has 0 aromatic heterocycles. The summed E-state index contributed by atoms with van der Waals surface area (Å²) in [5.41, 5.74) is 1.34. The fourth-order valence-electron chi connectivity index (χ4n) is 3.29. The van der Waals surface area contributed by atoms with Crippen molar-refractivity contribution in [3.05, 3.63) is 52.8 Å². The van der Waals surface area contributed by atoms with Crippen LogP contribution in [0.1, 0.15) is 37.7 Å². The van der Waals surface area contributed by atoms with Gasteiger partial charge < -0.3 is 14.8 Å². The molecule has 0 saturated heterocycles. The summed E-state index contributed by atoms with van der Waals surface area (Å²) in [5, 5.41) is 14.7. The average molecular weight is 455 g/mol. The fourth-order valence-corrected chi connectivity index (χ4v) is 3.47. The molecule has 166 valence electrons. The molecule has 1 fully saturated rings. The van der Waals surface area contributed by atoms with E-state index in [9.17, 15) is 4.39 Å². The van der Waals surface area contributed by atoms with Gasteiger partial charge in [0, 0.05) is 23.7 Å². The van der Waals surface area contributed by atoms with Crippen LogP contribution in [0.4, 0.5) is 10.1 Å². The predicted octanol–water partition coefficient (Wildman–Crippen LogP) is 5.09. The number of halogens is 2. The van der Waals surface area contributed by atoms with Crippen LogP contribution >= 0.6 is 11.6 Å². The van der Waals surface area contributed by atoms with Gasteiger partial charge in [0.05, 0.1) is 24.8 Å². The molecular weight excluding hydrogens is 431 g/mol. The summed E-state index contributed by atoms with van der Waals surface area (Å²) in [6.07, 6.45) is 6.94. The number of nitrogens with zero attached hydrogens (tertiary/aromatic N) is 2. The first-order chi connectivity index (χ1) is 15.6. The molecule has 0 unspecified atom stereocenters. The Morgan fingerprint density at radius 2 is 2.03 bits per heavy atom. The van der Waals surface area contributed by atoms with E-state index in [0.29, 0.717) is 41.7 Å². The van der Waals surface area contributed by atoms with Crippen LogP contribution in [0.25, 0.3) is 0 Å². The summed E-state index contributed by atoms with van der Waals surface area (Å²) in [7, 11) is 1.61. The second kappa shape index (κ2) is 11.8. The lowest BCUT2D eigenvalue weighted by Crippen LogP contribution is -2.27. The normalized spacial score (nSPS) is 13.6. The van der Waals surface area contributed by atoms with Crippen molar-refractivity contribution in [3.8, 4) is 29.5 Å². The Morgan fingerprint density at radius 1 is 1.22 bits per heavy atom. The van der Waals surface area contributed by atoms with Crippen molar-refractivity contribution in [2.24, 2.45) is 4.99 Å². The Bertz CT molecular complexity index is 1070. The third-order valence-electron chi connectivity index (χ3n) is 4.86. The zero-order valence-electron chi connectivity index (χ0n) is 17.8. The highest BCUT2D eigenvalue weighted by molar-refractivity contribution is 6.30. The molecule has 0 heterocycles. The van der Waals surface area contributed by atoms with Gasteiger partial charge in [-0.3, -0.25) is 10.3 Å². The van der Waals surface area contributed by atoms with Crippen molar-refractivity contribution in [1.29, 1.82) is 5.26 Å².